The second kappa shape index (κ2) is 10.7. The number of benzene rings is 3. The van der Waals surface area contributed by atoms with E-state index in [1.54, 1.807) is 12.1 Å². The molecule has 1 aliphatic heterocycles. The molecule has 8 heteroatoms. The van der Waals surface area contributed by atoms with E-state index in [9.17, 15) is 0 Å². The van der Waals surface area contributed by atoms with Crippen molar-refractivity contribution in [2.45, 2.75) is 24.8 Å². The van der Waals surface area contributed by atoms with Crippen LogP contribution in [0, 0.1) is 5.82 Å². The van der Waals surface area contributed by atoms with Gasteiger partial charge in [0.1, 0.15) is 17.2 Å². The Hall–Kier alpha value is -3.78. The van der Waals surface area contributed by atoms with E-state index in [1.165, 1.54) is 6.07 Å². The molecule has 1 saturated carbocycles. The summed E-state index contributed by atoms with van der Waals surface area (Å²) < 4.78 is 22.5. The number of morpholine rings is 1. The quantitative estimate of drug-likeness (QED) is 0.268. The summed E-state index contributed by atoms with van der Waals surface area (Å²) in [4.78, 5) is 12.3. The molecule has 0 amide bonds. The molecule has 1 aliphatic carbocycles. The summed E-state index contributed by atoms with van der Waals surface area (Å²) in [5.74, 6) is 0.202. The molecule has 0 radical (unpaired) electrons. The summed E-state index contributed by atoms with van der Waals surface area (Å²) in [5.41, 5.74) is 13.2. The molecule has 3 aromatic carbocycles. The highest BCUT2D eigenvalue weighted by atomic mass is 35.5. The number of hydrogen-bond donors (Lipinski definition) is 1. The van der Waals surface area contributed by atoms with Gasteiger partial charge < -0.3 is 15.4 Å². The fourth-order valence-electron chi connectivity index (χ4n) is 5.66. The van der Waals surface area contributed by atoms with Gasteiger partial charge in [0.15, 0.2) is 5.65 Å². The number of nitrogens with two attached hydrogens (primary N) is 1. The molecular weight excluding hydrogens is 525 g/mol. The molecule has 2 aromatic heterocycles. The Kier molecular flexibility index (Phi) is 7.04. The van der Waals surface area contributed by atoms with Crippen molar-refractivity contribution in [3.05, 3.63) is 96.3 Å². The van der Waals surface area contributed by atoms with Crippen molar-refractivity contribution in [1.29, 1.82) is 0 Å². The monoisotopic (exact) mass is 555 g/mol. The lowest BCUT2D eigenvalue weighted by atomic mass is 9.73. The van der Waals surface area contributed by atoms with Crippen molar-refractivity contribution < 1.29 is 9.13 Å². The number of rotatable bonds is 5. The molecule has 5 aromatic rings. The highest BCUT2D eigenvalue weighted by Gasteiger charge is 2.34. The average Bonchev–Trinajstić information content (AvgIpc) is 3.35. The molecule has 0 spiro atoms. The fraction of sp³-hybridized carbons (Fsp3) is 0.250. The first-order valence-electron chi connectivity index (χ1n) is 13.6. The first-order chi connectivity index (χ1) is 19.1. The second-order valence-electron chi connectivity index (χ2n) is 10.5. The number of anilines is 1. The first-order valence-corrected chi connectivity index (χ1v) is 13.6. The van der Waals surface area contributed by atoms with Crippen molar-refractivity contribution in [3.63, 3.8) is 0 Å². The summed E-state index contributed by atoms with van der Waals surface area (Å²) in [6, 6.07) is 27.4. The minimum absolute atomic E-state index is 0. The maximum Gasteiger partial charge on any atom is 0.165 e. The summed E-state index contributed by atoms with van der Waals surface area (Å²) in [5, 5.41) is 0. The third kappa shape index (κ3) is 4.64. The van der Waals surface area contributed by atoms with E-state index in [-0.39, 0.29) is 23.8 Å². The lowest BCUT2D eigenvalue weighted by molar-refractivity contribution is 0.122. The van der Waals surface area contributed by atoms with Crippen LogP contribution >= 0.6 is 12.4 Å². The molecule has 6 nitrogen and oxygen atoms in total. The van der Waals surface area contributed by atoms with E-state index >= 15 is 4.39 Å². The third-order valence-electron chi connectivity index (χ3n) is 8.08. The van der Waals surface area contributed by atoms with Gasteiger partial charge in [0.25, 0.3) is 0 Å². The fourth-order valence-corrected chi connectivity index (χ4v) is 5.66. The Morgan fingerprint density at radius 3 is 2.33 bits per heavy atom. The predicted octanol–water partition coefficient (Wildman–Crippen LogP) is 6.49. The Morgan fingerprint density at radius 2 is 1.60 bits per heavy atom. The van der Waals surface area contributed by atoms with Crippen molar-refractivity contribution in [1.82, 2.24) is 14.5 Å². The van der Waals surface area contributed by atoms with Crippen LogP contribution in [0.4, 0.5) is 10.1 Å². The van der Waals surface area contributed by atoms with Crippen LogP contribution in [0.2, 0.25) is 0 Å². The number of halogens is 2. The number of nitrogens with zero attached hydrogens (tertiary/aromatic N) is 4. The number of ether oxygens (including phenoxy) is 1. The lowest BCUT2D eigenvalue weighted by Crippen LogP contribution is -2.43. The molecule has 2 fully saturated rings. The van der Waals surface area contributed by atoms with Crippen molar-refractivity contribution >= 4 is 29.3 Å². The van der Waals surface area contributed by atoms with Gasteiger partial charge in [-0.1, -0.05) is 36.4 Å². The molecule has 0 bridgehead atoms. The van der Waals surface area contributed by atoms with Gasteiger partial charge in [0.05, 0.1) is 24.5 Å². The lowest BCUT2D eigenvalue weighted by Gasteiger charge is -2.38. The standard InChI is InChI=1S/C32H30FN5O.ClH/c33-27-8-2-1-7-26(27)30-36-29-14-13-28(22-5-3-6-25(21-22)37-17-19-39-20-18-37)35-31(29)38(30)24-11-9-23(10-12-24)32(34)15-4-16-32;/h1-3,5-14,21H,4,15-20,34H2;1H. The summed E-state index contributed by atoms with van der Waals surface area (Å²) in [7, 11) is 0. The molecule has 1 saturated heterocycles. The Morgan fingerprint density at radius 1 is 0.825 bits per heavy atom. The van der Waals surface area contributed by atoms with Crippen LogP contribution in [0.15, 0.2) is 84.9 Å². The molecule has 2 N–H and O–H groups in total. The molecule has 2 aliphatic rings. The predicted molar refractivity (Wildman–Crippen MR) is 160 cm³/mol. The van der Waals surface area contributed by atoms with E-state index in [0.29, 0.717) is 22.6 Å². The molecule has 204 valence electrons. The van der Waals surface area contributed by atoms with Crippen LogP contribution in [0.3, 0.4) is 0 Å². The maximum absolute atomic E-state index is 15.0. The molecule has 7 rings (SSSR count). The molecule has 3 heterocycles. The average molecular weight is 556 g/mol. The summed E-state index contributed by atoms with van der Waals surface area (Å²) in [6.45, 7) is 3.20. The largest absolute Gasteiger partial charge is 0.378 e. The van der Waals surface area contributed by atoms with Gasteiger partial charge >= 0.3 is 0 Å². The van der Waals surface area contributed by atoms with E-state index in [2.05, 4.69) is 41.3 Å². The van der Waals surface area contributed by atoms with Gasteiger partial charge in [-0.05, 0) is 73.4 Å². The molecule has 0 unspecified atom stereocenters. The highest BCUT2D eigenvalue weighted by molar-refractivity contribution is 5.85. The zero-order valence-electron chi connectivity index (χ0n) is 22.1. The van der Waals surface area contributed by atoms with Crippen molar-refractivity contribution in [2.24, 2.45) is 5.73 Å². The van der Waals surface area contributed by atoms with Crippen LogP contribution in [-0.2, 0) is 10.3 Å². The highest BCUT2D eigenvalue weighted by Crippen LogP contribution is 2.39. The zero-order valence-corrected chi connectivity index (χ0v) is 22.9. The topological polar surface area (TPSA) is 69.2 Å². The SMILES string of the molecule is Cl.NC1(c2ccc(-n3c(-c4ccccc4F)nc4ccc(-c5cccc(N6CCOCC6)c5)nc43)cc2)CCC1. The Bertz CT molecular complexity index is 1660. The Labute approximate surface area is 239 Å². The van der Waals surface area contributed by atoms with Gasteiger partial charge in [-0.15, -0.1) is 12.4 Å². The van der Waals surface area contributed by atoms with Crippen LogP contribution in [0.5, 0.6) is 0 Å². The molecule has 0 atom stereocenters. The van der Waals surface area contributed by atoms with Crippen molar-refractivity contribution in [2.75, 3.05) is 31.2 Å². The number of imidazole rings is 1. The van der Waals surface area contributed by atoms with E-state index < -0.39 is 0 Å². The smallest absolute Gasteiger partial charge is 0.165 e. The van der Waals surface area contributed by atoms with Crippen LogP contribution < -0.4 is 10.6 Å². The molecule has 40 heavy (non-hydrogen) atoms. The minimum Gasteiger partial charge on any atom is -0.378 e. The van der Waals surface area contributed by atoms with Crippen LogP contribution in [-0.4, -0.2) is 40.8 Å². The minimum atomic E-state index is -0.320. The van der Waals surface area contributed by atoms with Gasteiger partial charge in [-0.2, -0.15) is 0 Å². The summed E-state index contributed by atoms with van der Waals surface area (Å²) in [6.07, 6.45) is 3.14. The van der Waals surface area contributed by atoms with Crippen LogP contribution in [0.25, 0.3) is 39.5 Å². The van der Waals surface area contributed by atoms with Crippen molar-refractivity contribution in [3.8, 4) is 28.3 Å². The van der Waals surface area contributed by atoms with Gasteiger partial charge in [0.2, 0.25) is 0 Å². The van der Waals surface area contributed by atoms with Gasteiger partial charge in [0, 0.05) is 35.6 Å². The van der Waals surface area contributed by atoms with Gasteiger partial charge in [-0.3, -0.25) is 4.57 Å². The van der Waals surface area contributed by atoms with E-state index in [4.69, 9.17) is 20.4 Å². The number of hydrogen-bond acceptors (Lipinski definition) is 5. The number of fused-ring (bicyclic) bond motifs is 1. The van der Waals surface area contributed by atoms with Crippen LogP contribution in [0.1, 0.15) is 24.8 Å². The maximum atomic E-state index is 15.0. The first kappa shape index (κ1) is 26.4. The second-order valence-corrected chi connectivity index (χ2v) is 10.5. The normalized spacial score (nSPS) is 16.4. The van der Waals surface area contributed by atoms with E-state index in [1.807, 2.05) is 34.9 Å². The molecular formula is C32H31ClFN5O. The van der Waals surface area contributed by atoms with Gasteiger partial charge in [-0.25, -0.2) is 14.4 Å². The zero-order chi connectivity index (χ0) is 26.4. The number of pyridine rings is 1. The number of aromatic nitrogens is 3. The summed E-state index contributed by atoms with van der Waals surface area (Å²) >= 11 is 0. The third-order valence-corrected chi connectivity index (χ3v) is 8.08. The van der Waals surface area contributed by atoms with E-state index in [0.717, 1.165) is 73.8 Å². The Balaban J connectivity index is 0.00000289.